The minimum Gasteiger partial charge on any atom is -0.314 e. The summed E-state index contributed by atoms with van der Waals surface area (Å²) in [6.45, 7) is 10.1. The lowest BCUT2D eigenvalue weighted by Crippen LogP contribution is -2.65. The highest BCUT2D eigenvalue weighted by Crippen LogP contribution is 2.31. The molecular weight excluding hydrogens is 210 g/mol. The van der Waals surface area contributed by atoms with E-state index in [1.54, 1.807) is 0 Å². The number of nitrogens with one attached hydrogen (secondary N) is 1. The lowest BCUT2D eigenvalue weighted by atomic mass is 9.83. The largest absolute Gasteiger partial charge is 0.314 e. The first-order valence-electron chi connectivity index (χ1n) is 7.53. The van der Waals surface area contributed by atoms with E-state index >= 15 is 0 Å². The van der Waals surface area contributed by atoms with E-state index in [1.807, 2.05) is 0 Å². The summed E-state index contributed by atoms with van der Waals surface area (Å²) in [6.07, 6.45) is 5.84. The van der Waals surface area contributed by atoms with Crippen LogP contribution in [-0.4, -0.2) is 61.2 Å². The molecule has 2 saturated heterocycles. The Labute approximate surface area is 106 Å². The Kier molecular flexibility index (Phi) is 3.69. The quantitative estimate of drug-likeness (QED) is 0.777. The van der Waals surface area contributed by atoms with E-state index in [-0.39, 0.29) is 0 Å². The van der Waals surface area contributed by atoms with Crippen molar-refractivity contribution in [3.05, 3.63) is 0 Å². The second kappa shape index (κ2) is 5.25. The third-order valence-corrected chi connectivity index (χ3v) is 5.09. The maximum atomic E-state index is 3.44. The zero-order valence-corrected chi connectivity index (χ0v) is 11.2. The third kappa shape index (κ3) is 2.51. The van der Waals surface area contributed by atoms with E-state index in [0.717, 1.165) is 18.0 Å². The minimum atomic E-state index is 0.867. The van der Waals surface area contributed by atoms with Crippen molar-refractivity contribution in [2.24, 2.45) is 5.92 Å². The number of likely N-dealkylation sites (tertiary alicyclic amines) is 1. The van der Waals surface area contributed by atoms with Crippen LogP contribution >= 0.6 is 0 Å². The van der Waals surface area contributed by atoms with Crippen molar-refractivity contribution in [1.29, 1.82) is 0 Å². The zero-order chi connectivity index (χ0) is 11.7. The normalized spacial score (nSPS) is 37.9. The lowest BCUT2D eigenvalue weighted by Gasteiger charge is -2.52. The van der Waals surface area contributed by atoms with Gasteiger partial charge in [0.1, 0.15) is 0 Å². The van der Waals surface area contributed by atoms with Gasteiger partial charge in [-0.25, -0.2) is 0 Å². The molecule has 0 aromatic carbocycles. The number of piperazine rings is 1. The van der Waals surface area contributed by atoms with Gasteiger partial charge in [-0.2, -0.15) is 0 Å². The van der Waals surface area contributed by atoms with Gasteiger partial charge in [0.15, 0.2) is 0 Å². The van der Waals surface area contributed by atoms with Gasteiger partial charge in [-0.3, -0.25) is 9.80 Å². The Morgan fingerprint density at radius 3 is 2.35 bits per heavy atom. The summed E-state index contributed by atoms with van der Waals surface area (Å²) in [6, 6.07) is 1.77. The summed E-state index contributed by atoms with van der Waals surface area (Å²) < 4.78 is 0. The number of rotatable bonds is 2. The first kappa shape index (κ1) is 11.9. The molecule has 2 atom stereocenters. The van der Waals surface area contributed by atoms with Gasteiger partial charge in [-0.1, -0.05) is 19.8 Å². The molecule has 0 bridgehead atoms. The van der Waals surface area contributed by atoms with E-state index < -0.39 is 0 Å². The summed E-state index contributed by atoms with van der Waals surface area (Å²) in [4.78, 5) is 5.46. The standard InChI is InChI=1S/C14H27N3/c1-12-4-2-3-5-14(12)17-10-13(11-17)16-8-6-15-7-9-16/h12-15H,2-11H2,1H3. The molecule has 3 nitrogen and oxygen atoms in total. The molecule has 3 aliphatic rings. The minimum absolute atomic E-state index is 0.867. The molecule has 2 unspecified atom stereocenters. The fourth-order valence-electron chi connectivity index (χ4n) is 3.88. The van der Waals surface area contributed by atoms with Crippen LogP contribution in [0.3, 0.4) is 0 Å². The van der Waals surface area contributed by atoms with Crippen molar-refractivity contribution in [3.63, 3.8) is 0 Å². The van der Waals surface area contributed by atoms with Gasteiger partial charge >= 0.3 is 0 Å². The van der Waals surface area contributed by atoms with Gasteiger partial charge in [-0.15, -0.1) is 0 Å². The molecule has 98 valence electrons. The van der Waals surface area contributed by atoms with Gasteiger partial charge in [0.25, 0.3) is 0 Å². The second-order valence-electron chi connectivity index (χ2n) is 6.22. The fourth-order valence-corrected chi connectivity index (χ4v) is 3.88. The Hall–Kier alpha value is -0.120. The fraction of sp³-hybridized carbons (Fsp3) is 1.00. The predicted octanol–water partition coefficient (Wildman–Crippen LogP) is 1.15. The van der Waals surface area contributed by atoms with Gasteiger partial charge < -0.3 is 5.32 Å². The van der Waals surface area contributed by atoms with Crippen LogP contribution in [0.2, 0.25) is 0 Å². The van der Waals surface area contributed by atoms with Crippen LogP contribution in [0.5, 0.6) is 0 Å². The molecule has 2 heterocycles. The van der Waals surface area contributed by atoms with Crippen molar-refractivity contribution >= 4 is 0 Å². The Morgan fingerprint density at radius 2 is 1.65 bits per heavy atom. The van der Waals surface area contributed by atoms with Gasteiger partial charge in [0.05, 0.1) is 0 Å². The summed E-state index contributed by atoms with van der Waals surface area (Å²) >= 11 is 0. The maximum Gasteiger partial charge on any atom is 0.0351 e. The Bertz CT molecular complexity index is 244. The molecule has 1 N–H and O–H groups in total. The predicted molar refractivity (Wildman–Crippen MR) is 71.2 cm³/mol. The molecule has 0 radical (unpaired) electrons. The molecule has 1 saturated carbocycles. The first-order chi connectivity index (χ1) is 8.34. The number of nitrogens with zero attached hydrogens (tertiary/aromatic N) is 2. The third-order valence-electron chi connectivity index (χ3n) is 5.09. The second-order valence-corrected chi connectivity index (χ2v) is 6.22. The van der Waals surface area contributed by atoms with Crippen LogP contribution in [0.15, 0.2) is 0 Å². The van der Waals surface area contributed by atoms with Crippen molar-refractivity contribution in [3.8, 4) is 0 Å². The summed E-state index contributed by atoms with van der Waals surface area (Å²) in [5.41, 5.74) is 0. The van der Waals surface area contributed by atoms with Gasteiger partial charge in [0.2, 0.25) is 0 Å². The molecule has 3 rings (SSSR count). The van der Waals surface area contributed by atoms with Crippen LogP contribution in [0.4, 0.5) is 0 Å². The van der Waals surface area contributed by atoms with Crippen molar-refractivity contribution in [2.75, 3.05) is 39.3 Å². The van der Waals surface area contributed by atoms with Crippen molar-refractivity contribution < 1.29 is 0 Å². The molecule has 3 fully saturated rings. The first-order valence-corrected chi connectivity index (χ1v) is 7.53. The monoisotopic (exact) mass is 237 g/mol. The summed E-state index contributed by atoms with van der Waals surface area (Å²) in [7, 11) is 0. The van der Waals surface area contributed by atoms with Gasteiger partial charge in [-0.05, 0) is 18.8 Å². The van der Waals surface area contributed by atoms with E-state index in [2.05, 4.69) is 22.0 Å². The van der Waals surface area contributed by atoms with E-state index in [4.69, 9.17) is 0 Å². The number of hydrogen-bond donors (Lipinski definition) is 1. The molecule has 1 aliphatic carbocycles. The zero-order valence-electron chi connectivity index (χ0n) is 11.2. The molecule has 17 heavy (non-hydrogen) atoms. The highest BCUT2D eigenvalue weighted by Gasteiger charge is 2.38. The van der Waals surface area contributed by atoms with Crippen LogP contribution in [0.25, 0.3) is 0 Å². The molecule has 0 aromatic heterocycles. The summed E-state index contributed by atoms with van der Waals surface area (Å²) in [5, 5.41) is 3.44. The van der Waals surface area contributed by atoms with Crippen LogP contribution in [0.1, 0.15) is 32.6 Å². The highest BCUT2D eigenvalue weighted by atomic mass is 15.3. The molecule has 0 spiro atoms. The smallest absolute Gasteiger partial charge is 0.0351 e. The van der Waals surface area contributed by atoms with Gasteiger partial charge in [0, 0.05) is 51.4 Å². The van der Waals surface area contributed by atoms with Crippen molar-refractivity contribution in [1.82, 2.24) is 15.1 Å². The number of hydrogen-bond acceptors (Lipinski definition) is 3. The molecular formula is C14H27N3. The van der Waals surface area contributed by atoms with Crippen LogP contribution in [-0.2, 0) is 0 Å². The van der Waals surface area contributed by atoms with E-state index in [9.17, 15) is 0 Å². The maximum absolute atomic E-state index is 3.44. The SMILES string of the molecule is CC1CCCCC1N1CC(N2CCNCC2)C1. The molecule has 2 aliphatic heterocycles. The average molecular weight is 237 g/mol. The molecule has 0 amide bonds. The van der Waals surface area contributed by atoms with E-state index in [0.29, 0.717) is 0 Å². The lowest BCUT2D eigenvalue weighted by molar-refractivity contribution is -0.0251. The summed E-state index contributed by atoms with van der Waals surface area (Å²) in [5.74, 6) is 0.938. The highest BCUT2D eigenvalue weighted by molar-refractivity contribution is 4.95. The van der Waals surface area contributed by atoms with Crippen LogP contribution in [0, 0.1) is 5.92 Å². The van der Waals surface area contributed by atoms with Crippen LogP contribution < -0.4 is 5.32 Å². The average Bonchev–Trinajstić information content (AvgIpc) is 2.31. The Balaban J connectivity index is 1.46. The van der Waals surface area contributed by atoms with Crippen molar-refractivity contribution in [2.45, 2.75) is 44.7 Å². The topological polar surface area (TPSA) is 18.5 Å². The Morgan fingerprint density at radius 1 is 0.941 bits per heavy atom. The molecule has 3 heteroatoms. The van der Waals surface area contributed by atoms with E-state index in [1.165, 1.54) is 65.0 Å². The molecule has 0 aromatic rings.